The minimum Gasteiger partial charge on any atom is -0.495 e. The molecule has 0 radical (unpaired) electrons. The van der Waals surface area contributed by atoms with E-state index in [2.05, 4.69) is 10.6 Å². The van der Waals surface area contributed by atoms with Crippen LogP contribution in [0.1, 0.15) is 0 Å². The largest absolute Gasteiger partial charge is 0.495 e. The Bertz CT molecular complexity index is 738. The molecule has 0 spiro atoms. The SMILES string of the molecule is COc1cc(OC)c(NC(=O)Nc2cc(Cl)ccc2Cl)cc1Cl. The summed E-state index contributed by atoms with van der Waals surface area (Å²) in [5.41, 5.74) is 0.768. The maximum Gasteiger partial charge on any atom is 0.323 e. The fourth-order valence-electron chi connectivity index (χ4n) is 1.83. The second kappa shape index (κ2) is 7.64. The van der Waals surface area contributed by atoms with E-state index in [1.165, 1.54) is 20.3 Å². The number of halogens is 3. The van der Waals surface area contributed by atoms with E-state index in [9.17, 15) is 4.79 Å². The van der Waals surface area contributed by atoms with E-state index in [1.54, 1.807) is 24.3 Å². The fourth-order valence-corrected chi connectivity index (χ4v) is 2.40. The second-order valence-electron chi connectivity index (χ2n) is 4.39. The Labute approximate surface area is 148 Å². The zero-order chi connectivity index (χ0) is 17.0. The molecular formula is C15H13Cl3N2O3. The third-order valence-corrected chi connectivity index (χ3v) is 3.76. The molecule has 5 nitrogen and oxygen atoms in total. The molecule has 0 aliphatic carbocycles. The van der Waals surface area contributed by atoms with Crippen molar-refractivity contribution in [2.75, 3.05) is 24.9 Å². The highest BCUT2D eigenvalue weighted by Gasteiger charge is 2.13. The van der Waals surface area contributed by atoms with Crippen molar-refractivity contribution >= 4 is 52.2 Å². The van der Waals surface area contributed by atoms with Crippen LogP contribution >= 0.6 is 34.8 Å². The van der Waals surface area contributed by atoms with Gasteiger partial charge in [-0.1, -0.05) is 34.8 Å². The number of carbonyl (C=O) groups is 1. The highest BCUT2D eigenvalue weighted by molar-refractivity contribution is 6.36. The number of anilines is 2. The molecule has 0 saturated heterocycles. The Hall–Kier alpha value is -1.82. The molecule has 0 fully saturated rings. The number of amides is 2. The Morgan fingerprint density at radius 2 is 1.52 bits per heavy atom. The van der Waals surface area contributed by atoms with Crippen LogP contribution in [-0.4, -0.2) is 20.3 Å². The second-order valence-corrected chi connectivity index (χ2v) is 5.64. The number of rotatable bonds is 4. The first-order chi connectivity index (χ1) is 10.9. The first kappa shape index (κ1) is 17.5. The summed E-state index contributed by atoms with van der Waals surface area (Å²) in [6.07, 6.45) is 0. The summed E-state index contributed by atoms with van der Waals surface area (Å²) in [6.45, 7) is 0. The number of urea groups is 1. The average molecular weight is 376 g/mol. The molecule has 0 atom stereocenters. The van der Waals surface area contributed by atoms with Gasteiger partial charge in [0.25, 0.3) is 0 Å². The van der Waals surface area contributed by atoms with Gasteiger partial charge in [-0.05, 0) is 24.3 Å². The molecule has 2 rings (SSSR count). The third kappa shape index (κ3) is 4.34. The number of benzene rings is 2. The van der Waals surface area contributed by atoms with Crippen LogP contribution in [-0.2, 0) is 0 Å². The zero-order valence-corrected chi connectivity index (χ0v) is 14.5. The van der Waals surface area contributed by atoms with Crippen LogP contribution in [0.2, 0.25) is 15.1 Å². The molecule has 0 saturated carbocycles. The van der Waals surface area contributed by atoms with Gasteiger partial charge >= 0.3 is 6.03 Å². The quantitative estimate of drug-likeness (QED) is 0.761. The van der Waals surface area contributed by atoms with Gasteiger partial charge in [0.1, 0.15) is 11.5 Å². The molecule has 2 aromatic rings. The van der Waals surface area contributed by atoms with Gasteiger partial charge in [-0.3, -0.25) is 0 Å². The summed E-state index contributed by atoms with van der Waals surface area (Å²) in [6, 6.07) is 7.34. The molecule has 122 valence electrons. The molecule has 0 unspecified atom stereocenters. The smallest absolute Gasteiger partial charge is 0.323 e. The van der Waals surface area contributed by atoms with Gasteiger partial charge in [0.2, 0.25) is 0 Å². The number of carbonyl (C=O) groups excluding carboxylic acids is 1. The maximum absolute atomic E-state index is 12.1. The lowest BCUT2D eigenvalue weighted by Gasteiger charge is -2.14. The molecule has 0 aromatic heterocycles. The maximum atomic E-state index is 12.1. The van der Waals surface area contributed by atoms with E-state index in [0.717, 1.165) is 0 Å². The van der Waals surface area contributed by atoms with Gasteiger partial charge in [0.05, 0.1) is 35.6 Å². The standard InChI is InChI=1S/C15H13Cl3N2O3/c1-22-13-7-14(23-2)12(6-10(13)18)20-15(21)19-11-5-8(16)3-4-9(11)17/h3-7H,1-2H3,(H2,19,20,21). The number of hydrogen-bond acceptors (Lipinski definition) is 3. The van der Waals surface area contributed by atoms with Crippen molar-refractivity contribution < 1.29 is 14.3 Å². The molecule has 0 aliphatic heterocycles. The molecule has 23 heavy (non-hydrogen) atoms. The van der Waals surface area contributed by atoms with Crippen LogP contribution in [0, 0.1) is 0 Å². The highest BCUT2D eigenvalue weighted by Crippen LogP contribution is 2.36. The number of nitrogens with one attached hydrogen (secondary N) is 2. The summed E-state index contributed by atoms with van der Waals surface area (Å²) < 4.78 is 10.3. The molecule has 2 aromatic carbocycles. The predicted octanol–water partition coefficient (Wildman–Crippen LogP) is 5.31. The van der Waals surface area contributed by atoms with Crippen molar-refractivity contribution in [3.8, 4) is 11.5 Å². The van der Waals surface area contributed by atoms with Crippen LogP contribution in [0.25, 0.3) is 0 Å². The summed E-state index contributed by atoms with van der Waals surface area (Å²) in [7, 11) is 2.96. The van der Waals surface area contributed by atoms with Gasteiger partial charge in [-0.25, -0.2) is 4.79 Å². The first-order valence-electron chi connectivity index (χ1n) is 6.39. The van der Waals surface area contributed by atoms with Gasteiger partial charge in [0, 0.05) is 11.1 Å². The molecule has 0 aliphatic rings. The lowest BCUT2D eigenvalue weighted by molar-refractivity contribution is 0.262. The van der Waals surface area contributed by atoms with E-state index >= 15 is 0 Å². The van der Waals surface area contributed by atoms with E-state index < -0.39 is 6.03 Å². The summed E-state index contributed by atoms with van der Waals surface area (Å²) in [5, 5.41) is 6.39. The summed E-state index contributed by atoms with van der Waals surface area (Å²) in [4.78, 5) is 12.1. The van der Waals surface area contributed by atoms with Crippen molar-refractivity contribution in [1.29, 1.82) is 0 Å². The zero-order valence-electron chi connectivity index (χ0n) is 12.2. The Kier molecular flexibility index (Phi) is 5.82. The molecule has 2 amide bonds. The van der Waals surface area contributed by atoms with E-state index in [4.69, 9.17) is 44.3 Å². The normalized spacial score (nSPS) is 10.1. The van der Waals surface area contributed by atoms with Gasteiger partial charge in [0.15, 0.2) is 0 Å². The summed E-state index contributed by atoms with van der Waals surface area (Å²) in [5.74, 6) is 0.839. The molecule has 0 heterocycles. The molecule has 0 bridgehead atoms. The minimum atomic E-state index is -0.520. The minimum absolute atomic E-state index is 0.337. The highest BCUT2D eigenvalue weighted by atomic mass is 35.5. The lowest BCUT2D eigenvalue weighted by atomic mass is 10.2. The third-order valence-electron chi connectivity index (χ3n) is 2.90. The van der Waals surface area contributed by atoms with Crippen LogP contribution in [0.5, 0.6) is 11.5 Å². The van der Waals surface area contributed by atoms with Gasteiger partial charge in [-0.2, -0.15) is 0 Å². The van der Waals surface area contributed by atoms with Crippen molar-refractivity contribution in [3.05, 3.63) is 45.4 Å². The van der Waals surface area contributed by atoms with E-state index in [1.807, 2.05) is 0 Å². The van der Waals surface area contributed by atoms with Crippen molar-refractivity contribution in [3.63, 3.8) is 0 Å². The topological polar surface area (TPSA) is 59.6 Å². The Morgan fingerprint density at radius 3 is 2.17 bits per heavy atom. The molecule has 8 heteroatoms. The van der Waals surface area contributed by atoms with Gasteiger partial charge < -0.3 is 20.1 Å². The van der Waals surface area contributed by atoms with Crippen molar-refractivity contribution in [1.82, 2.24) is 0 Å². The van der Waals surface area contributed by atoms with Crippen LogP contribution in [0.3, 0.4) is 0 Å². The first-order valence-corrected chi connectivity index (χ1v) is 7.52. The molecule has 2 N–H and O–H groups in total. The van der Waals surface area contributed by atoms with Crippen LogP contribution < -0.4 is 20.1 Å². The monoisotopic (exact) mass is 374 g/mol. The van der Waals surface area contributed by atoms with E-state index in [-0.39, 0.29) is 0 Å². The Morgan fingerprint density at radius 1 is 0.870 bits per heavy atom. The van der Waals surface area contributed by atoms with Crippen LogP contribution in [0.15, 0.2) is 30.3 Å². The number of ether oxygens (including phenoxy) is 2. The number of hydrogen-bond donors (Lipinski definition) is 2. The summed E-state index contributed by atoms with van der Waals surface area (Å²) >= 11 is 17.9. The van der Waals surface area contributed by atoms with Crippen molar-refractivity contribution in [2.45, 2.75) is 0 Å². The van der Waals surface area contributed by atoms with Gasteiger partial charge in [-0.15, -0.1) is 0 Å². The van der Waals surface area contributed by atoms with Crippen LogP contribution in [0.4, 0.5) is 16.2 Å². The average Bonchev–Trinajstić information content (AvgIpc) is 2.51. The van der Waals surface area contributed by atoms with E-state index in [0.29, 0.717) is 37.9 Å². The predicted molar refractivity (Wildman–Crippen MR) is 93.7 cm³/mol. The Balaban J connectivity index is 2.20. The fraction of sp³-hybridized carbons (Fsp3) is 0.133. The molecular weight excluding hydrogens is 363 g/mol. The lowest BCUT2D eigenvalue weighted by Crippen LogP contribution is -2.20. The number of methoxy groups -OCH3 is 2. The van der Waals surface area contributed by atoms with Crippen molar-refractivity contribution in [2.24, 2.45) is 0 Å².